The monoisotopic (exact) mass is 427 g/mol. The fourth-order valence-corrected chi connectivity index (χ4v) is 3.98. The number of ketones is 1. The van der Waals surface area contributed by atoms with E-state index in [0.29, 0.717) is 5.56 Å². The highest BCUT2D eigenvalue weighted by atomic mass is 79.9. The summed E-state index contributed by atoms with van der Waals surface area (Å²) in [4.78, 5) is 12.7. The van der Waals surface area contributed by atoms with Gasteiger partial charge in [-0.05, 0) is 67.8 Å². The number of Topliss-reactive ketones (excluding diaryl/α,β-unsaturated/α-hetero) is 1. The summed E-state index contributed by atoms with van der Waals surface area (Å²) in [6.45, 7) is 1.25. The number of rotatable bonds is 4. The molecule has 0 N–H and O–H groups in total. The van der Waals surface area contributed by atoms with E-state index in [4.69, 9.17) is 0 Å². The number of fused-ring (bicyclic) bond motifs is 1. The number of hydrogen-bond acceptors (Lipinski definition) is 1. The van der Waals surface area contributed by atoms with E-state index < -0.39 is 0 Å². The van der Waals surface area contributed by atoms with Gasteiger partial charge in [-0.25, -0.2) is 13.5 Å². The third-order valence-electron chi connectivity index (χ3n) is 5.11. The number of nitrogens with zero attached hydrogens (tertiary/aromatic N) is 2. The maximum Gasteiger partial charge on any atom is 0.257 e. The summed E-state index contributed by atoms with van der Waals surface area (Å²) >= 11 is 3.49. The summed E-state index contributed by atoms with van der Waals surface area (Å²) in [6.07, 6.45) is 6.54. The average molecular weight is 428 g/mol. The minimum atomic E-state index is -0.325. The minimum absolute atomic E-state index is 0.00000283. The van der Waals surface area contributed by atoms with Crippen LogP contribution in [-0.4, -0.2) is 10.4 Å². The fourth-order valence-electron chi connectivity index (χ4n) is 3.71. The van der Waals surface area contributed by atoms with Crippen molar-refractivity contribution in [2.75, 3.05) is 0 Å². The van der Waals surface area contributed by atoms with Crippen molar-refractivity contribution in [3.63, 3.8) is 0 Å². The Balaban J connectivity index is 1.71. The third-order valence-corrected chi connectivity index (χ3v) is 5.64. The van der Waals surface area contributed by atoms with Gasteiger partial charge < -0.3 is 0 Å². The van der Waals surface area contributed by atoms with Gasteiger partial charge in [0.1, 0.15) is 12.0 Å². The van der Waals surface area contributed by atoms with Gasteiger partial charge in [0.2, 0.25) is 5.78 Å². The largest absolute Gasteiger partial charge is 0.290 e. The molecule has 0 unspecified atom stereocenters. The molecule has 0 saturated heterocycles. The first-order valence-corrected chi connectivity index (χ1v) is 10.1. The van der Waals surface area contributed by atoms with Gasteiger partial charge >= 0.3 is 0 Å². The Kier molecular flexibility index (Phi) is 5.21. The van der Waals surface area contributed by atoms with Crippen LogP contribution in [0.4, 0.5) is 4.39 Å². The second-order valence-electron chi connectivity index (χ2n) is 6.96. The standard InChI is InChI=1S/C22H21BrFN2O/c23-18-9-5-16(6-10-18)20-14-25(22-4-2-1-3-13-26(20)22)15-21(27)17-7-11-19(24)12-8-17/h5-12,14H,1-4,13,15H2/q+1. The van der Waals surface area contributed by atoms with Crippen molar-refractivity contribution in [3.8, 4) is 11.3 Å². The summed E-state index contributed by atoms with van der Waals surface area (Å²) in [5, 5.41) is 0. The van der Waals surface area contributed by atoms with E-state index >= 15 is 0 Å². The van der Waals surface area contributed by atoms with Crippen molar-refractivity contribution in [2.24, 2.45) is 0 Å². The lowest BCUT2D eigenvalue weighted by atomic mass is 10.1. The van der Waals surface area contributed by atoms with Gasteiger partial charge in [0, 0.05) is 22.0 Å². The predicted octanol–water partition coefficient (Wildman–Crippen LogP) is 4.95. The number of benzene rings is 2. The van der Waals surface area contributed by atoms with Crippen molar-refractivity contribution in [1.82, 2.24) is 4.57 Å². The third kappa shape index (κ3) is 3.88. The molecule has 0 aliphatic carbocycles. The maximum absolute atomic E-state index is 13.1. The van der Waals surface area contributed by atoms with Crippen LogP contribution in [0.3, 0.4) is 0 Å². The molecule has 2 heterocycles. The van der Waals surface area contributed by atoms with Gasteiger partial charge in [0.15, 0.2) is 12.2 Å². The molecule has 0 saturated carbocycles. The molecule has 2 aromatic carbocycles. The van der Waals surface area contributed by atoms with Gasteiger partial charge in [-0.1, -0.05) is 15.9 Å². The SMILES string of the molecule is O=C(C[n+]1cc(-c2ccc(Br)cc2)n2c1CCCCC2)c1ccc(F)cc1. The van der Waals surface area contributed by atoms with E-state index in [9.17, 15) is 9.18 Å². The zero-order chi connectivity index (χ0) is 18.8. The molecule has 4 rings (SSSR count). The first-order chi connectivity index (χ1) is 13.1. The average Bonchev–Trinajstić information content (AvgIpc) is 2.84. The van der Waals surface area contributed by atoms with E-state index in [0.717, 1.165) is 41.5 Å². The highest BCUT2D eigenvalue weighted by Crippen LogP contribution is 2.25. The number of hydrogen-bond donors (Lipinski definition) is 0. The van der Waals surface area contributed by atoms with E-state index in [1.807, 2.05) is 12.1 Å². The van der Waals surface area contributed by atoms with E-state index in [1.54, 1.807) is 12.1 Å². The van der Waals surface area contributed by atoms with Crippen LogP contribution in [0, 0.1) is 5.82 Å². The first kappa shape index (κ1) is 18.1. The molecule has 0 bridgehead atoms. The molecule has 3 nitrogen and oxygen atoms in total. The molecule has 1 aromatic heterocycles. The summed E-state index contributed by atoms with van der Waals surface area (Å²) < 4.78 is 18.6. The number of carbonyl (C=O) groups excluding carboxylic acids is 1. The van der Waals surface area contributed by atoms with Gasteiger partial charge in [0.05, 0.1) is 6.54 Å². The Morgan fingerprint density at radius 1 is 1.04 bits per heavy atom. The summed E-state index contributed by atoms with van der Waals surface area (Å²) in [5.41, 5.74) is 2.84. The fraction of sp³-hybridized carbons (Fsp3) is 0.273. The number of carbonyl (C=O) groups is 1. The minimum Gasteiger partial charge on any atom is -0.290 e. The molecule has 27 heavy (non-hydrogen) atoms. The van der Waals surface area contributed by atoms with Crippen LogP contribution in [0.1, 0.15) is 35.4 Å². The molecule has 0 amide bonds. The second-order valence-corrected chi connectivity index (χ2v) is 7.87. The van der Waals surface area contributed by atoms with Crippen molar-refractivity contribution in [1.29, 1.82) is 0 Å². The molecule has 0 atom stereocenters. The first-order valence-electron chi connectivity index (χ1n) is 9.28. The number of halogens is 2. The Morgan fingerprint density at radius 2 is 1.78 bits per heavy atom. The maximum atomic E-state index is 13.1. The highest BCUT2D eigenvalue weighted by Gasteiger charge is 2.27. The topological polar surface area (TPSA) is 25.9 Å². The van der Waals surface area contributed by atoms with E-state index in [2.05, 4.69) is 43.4 Å². The van der Waals surface area contributed by atoms with E-state index in [-0.39, 0.29) is 18.1 Å². The lowest BCUT2D eigenvalue weighted by Crippen LogP contribution is -2.40. The zero-order valence-corrected chi connectivity index (χ0v) is 16.6. The molecule has 1 aliphatic rings. The molecule has 0 fully saturated rings. The van der Waals surface area contributed by atoms with Crippen molar-refractivity contribution in [3.05, 3.63) is 76.4 Å². The molecular weight excluding hydrogens is 407 g/mol. The van der Waals surface area contributed by atoms with Gasteiger partial charge in [-0.3, -0.25) is 4.79 Å². The van der Waals surface area contributed by atoms with Crippen LogP contribution in [0.5, 0.6) is 0 Å². The highest BCUT2D eigenvalue weighted by molar-refractivity contribution is 9.10. The van der Waals surface area contributed by atoms with Crippen molar-refractivity contribution in [2.45, 2.75) is 38.8 Å². The molecule has 0 spiro atoms. The molecule has 1 aliphatic heterocycles. The molecule has 138 valence electrons. The normalized spacial score (nSPS) is 13.9. The second kappa shape index (κ2) is 7.77. The van der Waals surface area contributed by atoms with Gasteiger partial charge in [-0.2, -0.15) is 0 Å². The summed E-state index contributed by atoms with van der Waals surface area (Å²) in [6, 6.07) is 14.1. The zero-order valence-electron chi connectivity index (χ0n) is 15.0. The molecule has 3 aromatic rings. The summed E-state index contributed by atoms with van der Waals surface area (Å²) in [7, 11) is 0. The molecule has 0 radical (unpaired) electrons. The van der Waals surface area contributed by atoms with Crippen molar-refractivity contribution < 1.29 is 13.8 Å². The van der Waals surface area contributed by atoms with Gasteiger partial charge in [0.25, 0.3) is 5.82 Å². The van der Waals surface area contributed by atoms with Crippen LogP contribution in [-0.2, 0) is 19.5 Å². The van der Waals surface area contributed by atoms with Crippen LogP contribution in [0.15, 0.2) is 59.2 Å². The Hall–Kier alpha value is -2.27. The smallest absolute Gasteiger partial charge is 0.257 e. The predicted molar refractivity (Wildman–Crippen MR) is 106 cm³/mol. The van der Waals surface area contributed by atoms with Crippen LogP contribution >= 0.6 is 15.9 Å². The Bertz CT molecular complexity index is 961. The lowest BCUT2D eigenvalue weighted by molar-refractivity contribution is -0.690. The quantitative estimate of drug-likeness (QED) is 0.427. The molecule has 5 heteroatoms. The van der Waals surface area contributed by atoms with Crippen molar-refractivity contribution >= 4 is 21.7 Å². The molecular formula is C22H21BrFN2O+. The summed E-state index contributed by atoms with van der Waals surface area (Å²) in [5.74, 6) is 0.871. The van der Waals surface area contributed by atoms with Crippen LogP contribution in [0.25, 0.3) is 11.3 Å². The number of aromatic nitrogens is 2. The number of imidazole rings is 1. The van der Waals surface area contributed by atoms with Gasteiger partial charge in [-0.15, -0.1) is 0 Å². The Morgan fingerprint density at radius 3 is 2.52 bits per heavy atom. The van der Waals surface area contributed by atoms with Crippen LogP contribution in [0.2, 0.25) is 0 Å². The van der Waals surface area contributed by atoms with Crippen LogP contribution < -0.4 is 4.57 Å². The Labute approximate surface area is 166 Å². The van der Waals surface area contributed by atoms with E-state index in [1.165, 1.54) is 24.4 Å². The lowest BCUT2D eigenvalue weighted by Gasteiger charge is -2.03.